The van der Waals surface area contributed by atoms with E-state index in [0.717, 1.165) is 16.3 Å². The summed E-state index contributed by atoms with van der Waals surface area (Å²) in [6.45, 7) is 2.15. The van der Waals surface area contributed by atoms with Crippen LogP contribution in [0, 0.1) is 5.92 Å². The Bertz CT molecular complexity index is 1340. The predicted octanol–water partition coefficient (Wildman–Crippen LogP) is -0.0406. The summed E-state index contributed by atoms with van der Waals surface area (Å²) in [6.07, 6.45) is -1.46. The van der Waals surface area contributed by atoms with E-state index in [1.54, 1.807) is 13.8 Å². The van der Waals surface area contributed by atoms with Crippen LogP contribution in [0.5, 0.6) is 5.88 Å². The van der Waals surface area contributed by atoms with Gasteiger partial charge in [-0.3, -0.25) is 24.4 Å². The second-order valence-electron chi connectivity index (χ2n) is 12.1. The molecule has 1 aromatic rings. The van der Waals surface area contributed by atoms with Gasteiger partial charge in [0.25, 0.3) is 5.91 Å². The fraction of sp³-hybridized carbons (Fsp3) is 0.741. The number of nitrogen functional groups attached to an aromatic ring is 1. The minimum absolute atomic E-state index is 0.0383. The number of hydrogen-bond acceptors (Lipinski definition) is 16. The SMILES string of the molecule is COc1nc(N)ncc1NCCNC(O)[C@](C)(O)[C@H](O)C(C)COP(=O)(NC1(C(=O)OC(C)C)CC1)SCC1C(=O)N(C)C(=O)N1C. The number of likely N-dealkylation sites (N-methyl/N-ethyl adjacent to an activating group) is 2. The standard InChI is InChI=1S/C27H47N8O10PS/c1-15(2)45-23(39)27(8-9-27)33-46(42,47-14-18-21(37)35(6)25(40)34(18)5)44-13-16(3)19(36)26(4,41)22(38)30-11-10-29-17-12-31-24(28)32-20(17)43-7/h12,15-16,18-19,22,29-30,36,38,41H,8-11,13-14H2,1-7H3,(H,33,42)(H2,28,31,32)/t16?,18?,19-,22?,26-,46?/m1/s1. The number of nitrogens with one attached hydrogen (secondary N) is 3. The molecule has 8 N–H and O–H groups in total. The number of rotatable bonds is 19. The van der Waals surface area contributed by atoms with Crippen LogP contribution in [-0.2, 0) is 23.4 Å². The second-order valence-corrected chi connectivity index (χ2v) is 16.4. The van der Waals surface area contributed by atoms with Gasteiger partial charge in [-0.25, -0.2) is 14.9 Å². The number of amides is 3. The van der Waals surface area contributed by atoms with Crippen molar-refractivity contribution in [1.82, 2.24) is 30.2 Å². The van der Waals surface area contributed by atoms with Gasteiger partial charge in [0, 0.05) is 38.9 Å². The molecule has 2 fully saturated rings. The van der Waals surface area contributed by atoms with Gasteiger partial charge in [-0.15, -0.1) is 0 Å². The molecule has 3 rings (SSSR count). The highest BCUT2D eigenvalue weighted by Crippen LogP contribution is 2.61. The van der Waals surface area contributed by atoms with Crippen molar-refractivity contribution in [3.05, 3.63) is 6.20 Å². The number of nitrogens with zero attached hydrogens (tertiary/aromatic N) is 4. The number of ether oxygens (including phenoxy) is 2. The maximum absolute atomic E-state index is 14.2. The molecule has 0 radical (unpaired) electrons. The predicted molar refractivity (Wildman–Crippen MR) is 173 cm³/mol. The van der Waals surface area contributed by atoms with Crippen molar-refractivity contribution in [3.8, 4) is 5.88 Å². The van der Waals surface area contributed by atoms with E-state index in [4.69, 9.17) is 19.7 Å². The lowest BCUT2D eigenvalue weighted by molar-refractivity contribution is -0.161. The summed E-state index contributed by atoms with van der Waals surface area (Å²) in [6, 6.07) is -1.42. The Kier molecular flexibility index (Phi) is 12.9. The first-order valence-electron chi connectivity index (χ1n) is 15.0. The lowest BCUT2D eigenvalue weighted by Gasteiger charge is -2.37. The van der Waals surface area contributed by atoms with Crippen LogP contribution in [0.3, 0.4) is 0 Å². The number of urea groups is 1. The number of aromatic nitrogens is 2. The molecule has 0 spiro atoms. The number of carbonyl (C=O) groups excluding carboxylic acids is 3. The third-order valence-electron chi connectivity index (χ3n) is 7.85. The van der Waals surface area contributed by atoms with Crippen LogP contribution in [0.1, 0.15) is 40.5 Å². The molecule has 3 amide bonds. The molecule has 6 atom stereocenters. The molecule has 2 aliphatic rings. The van der Waals surface area contributed by atoms with Crippen LogP contribution < -0.4 is 26.2 Å². The molecule has 1 saturated carbocycles. The van der Waals surface area contributed by atoms with Crippen LogP contribution in [-0.4, -0.2) is 135 Å². The van der Waals surface area contributed by atoms with Crippen LogP contribution in [0.4, 0.5) is 16.4 Å². The van der Waals surface area contributed by atoms with E-state index in [9.17, 15) is 34.3 Å². The molecule has 0 aromatic carbocycles. The second kappa shape index (κ2) is 15.6. The zero-order chi connectivity index (χ0) is 35.3. The third-order valence-corrected chi connectivity index (χ3v) is 11.9. The highest BCUT2D eigenvalue weighted by atomic mass is 32.7. The molecule has 1 saturated heterocycles. The maximum atomic E-state index is 14.2. The number of aliphatic hydroxyl groups is 3. The number of methoxy groups -OCH3 is 1. The van der Waals surface area contributed by atoms with Gasteiger partial charge < -0.3 is 45.3 Å². The fourth-order valence-electron chi connectivity index (χ4n) is 4.70. The number of hydrogen-bond donors (Lipinski definition) is 7. The van der Waals surface area contributed by atoms with Crippen LogP contribution in [0.25, 0.3) is 0 Å². The monoisotopic (exact) mass is 706 g/mol. The van der Waals surface area contributed by atoms with Gasteiger partial charge in [0.1, 0.15) is 29.1 Å². The number of carbonyl (C=O) groups is 3. The first-order valence-corrected chi connectivity index (χ1v) is 18.2. The van der Waals surface area contributed by atoms with Crippen molar-refractivity contribution in [1.29, 1.82) is 0 Å². The van der Waals surface area contributed by atoms with E-state index in [-0.39, 0.29) is 37.3 Å². The summed E-state index contributed by atoms with van der Waals surface area (Å²) in [5, 5.41) is 41.4. The van der Waals surface area contributed by atoms with E-state index in [1.807, 2.05) is 0 Å². The van der Waals surface area contributed by atoms with E-state index in [0.29, 0.717) is 18.5 Å². The number of aliphatic hydroxyl groups excluding tert-OH is 2. The third kappa shape index (κ3) is 9.44. The van der Waals surface area contributed by atoms with Crippen molar-refractivity contribution < 1.29 is 48.3 Å². The maximum Gasteiger partial charge on any atom is 0.327 e. The van der Waals surface area contributed by atoms with E-state index in [2.05, 4.69) is 25.7 Å². The molecular weight excluding hydrogens is 659 g/mol. The van der Waals surface area contributed by atoms with Crippen molar-refractivity contribution >= 4 is 47.6 Å². The Morgan fingerprint density at radius 2 is 1.91 bits per heavy atom. The molecule has 1 aliphatic carbocycles. The molecule has 1 aliphatic heterocycles. The van der Waals surface area contributed by atoms with E-state index >= 15 is 0 Å². The molecule has 2 heterocycles. The minimum atomic E-state index is -4.00. The molecule has 47 heavy (non-hydrogen) atoms. The van der Waals surface area contributed by atoms with Gasteiger partial charge in [-0.1, -0.05) is 18.3 Å². The van der Waals surface area contributed by atoms with Crippen LogP contribution in [0.15, 0.2) is 6.20 Å². The summed E-state index contributed by atoms with van der Waals surface area (Å²) in [4.78, 5) is 47.8. The van der Waals surface area contributed by atoms with Gasteiger partial charge >= 0.3 is 18.7 Å². The molecule has 20 heteroatoms. The van der Waals surface area contributed by atoms with Crippen LogP contribution in [0.2, 0.25) is 0 Å². The molecule has 18 nitrogen and oxygen atoms in total. The summed E-state index contributed by atoms with van der Waals surface area (Å²) in [5.74, 6) is -1.79. The van der Waals surface area contributed by atoms with Crippen molar-refractivity contribution in [3.63, 3.8) is 0 Å². The Hall–Kier alpha value is -2.77. The number of imide groups is 1. The average molecular weight is 707 g/mol. The van der Waals surface area contributed by atoms with E-state index in [1.165, 1.54) is 46.1 Å². The number of esters is 1. The Morgan fingerprint density at radius 3 is 2.47 bits per heavy atom. The molecular formula is C27H47N8O10PS. The van der Waals surface area contributed by atoms with Gasteiger partial charge in [0.15, 0.2) is 0 Å². The Balaban J connectivity index is 1.63. The van der Waals surface area contributed by atoms with Crippen molar-refractivity contribution in [2.24, 2.45) is 5.92 Å². The highest BCUT2D eigenvalue weighted by Gasteiger charge is 2.56. The zero-order valence-electron chi connectivity index (χ0n) is 27.6. The fourth-order valence-corrected chi connectivity index (χ4v) is 9.01. The first-order chi connectivity index (χ1) is 21.9. The smallest absolute Gasteiger partial charge is 0.327 e. The Morgan fingerprint density at radius 1 is 1.26 bits per heavy atom. The first kappa shape index (κ1) is 38.7. The van der Waals surface area contributed by atoms with Gasteiger partial charge in [-0.05, 0) is 33.6 Å². The summed E-state index contributed by atoms with van der Waals surface area (Å²) in [7, 11) is 4.23. The number of nitrogens with two attached hydrogens (primary N) is 1. The van der Waals surface area contributed by atoms with Crippen molar-refractivity contribution in [2.75, 3.05) is 57.7 Å². The molecule has 1 aromatic heterocycles. The lowest BCUT2D eigenvalue weighted by atomic mass is 9.88. The summed E-state index contributed by atoms with van der Waals surface area (Å²) < 4.78 is 30.5. The molecule has 0 bridgehead atoms. The Labute approximate surface area is 277 Å². The zero-order valence-corrected chi connectivity index (χ0v) is 29.3. The summed E-state index contributed by atoms with van der Waals surface area (Å²) >= 11 is 0.754. The highest BCUT2D eigenvalue weighted by molar-refractivity contribution is 8.56. The number of anilines is 2. The quantitative estimate of drug-likeness (QED) is 0.0328. The van der Waals surface area contributed by atoms with Crippen LogP contribution >= 0.6 is 18.1 Å². The largest absolute Gasteiger partial charge is 0.479 e. The topological polar surface area (TPSA) is 251 Å². The van der Waals surface area contributed by atoms with E-state index < -0.39 is 66.2 Å². The average Bonchev–Trinajstić information content (AvgIpc) is 3.77. The minimum Gasteiger partial charge on any atom is -0.479 e. The lowest BCUT2D eigenvalue weighted by Crippen LogP contribution is -2.58. The van der Waals surface area contributed by atoms with Gasteiger partial charge in [-0.2, -0.15) is 4.98 Å². The molecule has 4 unspecified atom stereocenters. The summed E-state index contributed by atoms with van der Waals surface area (Å²) in [5.41, 5.74) is 2.68. The normalized spacial score (nSPS) is 22.0. The molecule has 266 valence electrons. The van der Waals surface area contributed by atoms with Gasteiger partial charge in [0.05, 0.1) is 32.1 Å². The van der Waals surface area contributed by atoms with Crippen molar-refractivity contribution in [2.45, 2.75) is 76.2 Å². The van der Waals surface area contributed by atoms with Gasteiger partial charge in [0.2, 0.25) is 11.8 Å².